The number of carbonyl (C=O) groups excluding carboxylic acids is 1. The molecular formula is C9H11BrN4O. The highest BCUT2D eigenvalue weighted by molar-refractivity contribution is 9.10. The maximum absolute atomic E-state index is 10.9. The number of halogens is 1. The van der Waals surface area contributed by atoms with Gasteiger partial charge in [0.25, 0.3) is 0 Å². The molecule has 1 aromatic rings. The summed E-state index contributed by atoms with van der Waals surface area (Å²) in [6, 6.07) is 0. The van der Waals surface area contributed by atoms with E-state index in [1.54, 1.807) is 12.4 Å². The summed E-state index contributed by atoms with van der Waals surface area (Å²) in [5.41, 5.74) is 0. The summed E-state index contributed by atoms with van der Waals surface area (Å²) in [6.07, 6.45) is 3.96. The number of anilines is 1. The van der Waals surface area contributed by atoms with Crippen molar-refractivity contribution in [3.05, 3.63) is 16.9 Å². The van der Waals surface area contributed by atoms with Gasteiger partial charge < -0.3 is 10.6 Å². The van der Waals surface area contributed by atoms with Gasteiger partial charge in [0, 0.05) is 37.8 Å². The third-order valence-corrected chi connectivity index (χ3v) is 2.64. The summed E-state index contributed by atoms with van der Waals surface area (Å²) >= 11 is 3.26. The van der Waals surface area contributed by atoms with Crippen molar-refractivity contribution in [3.63, 3.8) is 0 Å². The largest absolute Gasteiger partial charge is 0.356 e. The second kappa shape index (κ2) is 4.57. The minimum absolute atomic E-state index is 0.124. The van der Waals surface area contributed by atoms with Gasteiger partial charge >= 0.3 is 0 Å². The fraction of sp³-hybridized carbons (Fsp3) is 0.444. The van der Waals surface area contributed by atoms with Crippen molar-refractivity contribution >= 4 is 27.8 Å². The molecule has 80 valence electrons. The van der Waals surface area contributed by atoms with Crippen LogP contribution in [0.1, 0.15) is 6.42 Å². The van der Waals surface area contributed by atoms with Crippen molar-refractivity contribution in [1.29, 1.82) is 0 Å². The molecule has 0 radical (unpaired) electrons. The maximum atomic E-state index is 10.9. The molecule has 0 unspecified atom stereocenters. The molecule has 2 rings (SSSR count). The van der Waals surface area contributed by atoms with E-state index in [0.29, 0.717) is 18.3 Å². The summed E-state index contributed by atoms with van der Waals surface area (Å²) < 4.78 is 0.853. The van der Waals surface area contributed by atoms with Gasteiger partial charge in [0.1, 0.15) is 0 Å². The Morgan fingerprint density at radius 1 is 1.53 bits per heavy atom. The number of hydrogen-bond donors (Lipinski definition) is 2. The number of carbonyl (C=O) groups is 1. The minimum Gasteiger partial charge on any atom is -0.356 e. The first kappa shape index (κ1) is 10.4. The normalized spacial score (nSPS) is 20.1. The van der Waals surface area contributed by atoms with E-state index in [1.165, 1.54) is 0 Å². The summed E-state index contributed by atoms with van der Waals surface area (Å²) in [5.74, 6) is 1.06. The fourth-order valence-corrected chi connectivity index (χ4v) is 1.65. The molecule has 0 bridgehead atoms. The number of aromatic nitrogens is 2. The summed E-state index contributed by atoms with van der Waals surface area (Å²) in [7, 11) is 0. The quantitative estimate of drug-likeness (QED) is 0.852. The van der Waals surface area contributed by atoms with Crippen LogP contribution in [0.5, 0.6) is 0 Å². The van der Waals surface area contributed by atoms with E-state index in [4.69, 9.17) is 0 Å². The van der Waals surface area contributed by atoms with Crippen LogP contribution >= 0.6 is 15.9 Å². The zero-order valence-corrected chi connectivity index (χ0v) is 9.62. The molecule has 0 spiro atoms. The zero-order valence-electron chi connectivity index (χ0n) is 8.03. The van der Waals surface area contributed by atoms with Crippen LogP contribution in [-0.4, -0.2) is 29.0 Å². The molecule has 1 fully saturated rings. The van der Waals surface area contributed by atoms with E-state index in [2.05, 4.69) is 36.5 Å². The van der Waals surface area contributed by atoms with Gasteiger partial charge in [0.2, 0.25) is 11.9 Å². The first-order chi connectivity index (χ1) is 7.24. The van der Waals surface area contributed by atoms with Crippen molar-refractivity contribution in [3.8, 4) is 0 Å². The molecule has 1 amide bonds. The van der Waals surface area contributed by atoms with Crippen molar-refractivity contribution in [2.75, 3.05) is 18.4 Å². The lowest BCUT2D eigenvalue weighted by Gasteiger charge is -2.08. The van der Waals surface area contributed by atoms with Crippen molar-refractivity contribution in [1.82, 2.24) is 15.3 Å². The van der Waals surface area contributed by atoms with Crippen molar-refractivity contribution in [2.45, 2.75) is 6.42 Å². The van der Waals surface area contributed by atoms with Gasteiger partial charge in [-0.3, -0.25) is 4.79 Å². The molecule has 2 heterocycles. The van der Waals surface area contributed by atoms with Gasteiger partial charge in [-0.2, -0.15) is 0 Å². The van der Waals surface area contributed by atoms with E-state index >= 15 is 0 Å². The van der Waals surface area contributed by atoms with Crippen LogP contribution in [0.4, 0.5) is 5.95 Å². The second-order valence-electron chi connectivity index (χ2n) is 3.48. The van der Waals surface area contributed by atoms with Gasteiger partial charge in [-0.05, 0) is 15.9 Å². The fourth-order valence-electron chi connectivity index (χ4n) is 1.45. The molecule has 0 saturated carbocycles. The Bertz CT molecular complexity index is 354. The Hall–Kier alpha value is -1.17. The topological polar surface area (TPSA) is 66.9 Å². The van der Waals surface area contributed by atoms with Crippen LogP contribution in [0.15, 0.2) is 16.9 Å². The lowest BCUT2D eigenvalue weighted by molar-refractivity contribution is -0.119. The second-order valence-corrected chi connectivity index (χ2v) is 4.40. The molecule has 1 aliphatic heterocycles. The van der Waals surface area contributed by atoms with Gasteiger partial charge in [0.05, 0.1) is 4.47 Å². The smallest absolute Gasteiger partial charge is 0.222 e. The van der Waals surface area contributed by atoms with Crippen molar-refractivity contribution < 1.29 is 4.79 Å². The molecule has 0 aromatic carbocycles. The van der Waals surface area contributed by atoms with Crippen molar-refractivity contribution in [2.24, 2.45) is 5.92 Å². The van der Waals surface area contributed by atoms with Gasteiger partial charge in [-0.1, -0.05) is 0 Å². The predicted molar refractivity (Wildman–Crippen MR) is 59.3 cm³/mol. The minimum atomic E-state index is 0.124. The first-order valence-electron chi connectivity index (χ1n) is 4.72. The summed E-state index contributed by atoms with van der Waals surface area (Å²) in [5, 5.41) is 5.89. The number of nitrogens with one attached hydrogen (secondary N) is 2. The van der Waals surface area contributed by atoms with E-state index in [-0.39, 0.29) is 5.91 Å². The number of rotatable bonds is 3. The third kappa shape index (κ3) is 2.89. The molecule has 15 heavy (non-hydrogen) atoms. The Kier molecular flexibility index (Phi) is 3.15. The zero-order chi connectivity index (χ0) is 10.7. The molecule has 1 saturated heterocycles. The third-order valence-electron chi connectivity index (χ3n) is 2.23. The highest BCUT2D eigenvalue weighted by Crippen LogP contribution is 2.10. The summed E-state index contributed by atoms with van der Waals surface area (Å²) in [6.45, 7) is 1.46. The van der Waals surface area contributed by atoms with Crippen LogP contribution in [0.25, 0.3) is 0 Å². The van der Waals surface area contributed by atoms with E-state index in [9.17, 15) is 4.79 Å². The van der Waals surface area contributed by atoms with E-state index in [0.717, 1.165) is 17.6 Å². The van der Waals surface area contributed by atoms with E-state index in [1.807, 2.05) is 0 Å². The highest BCUT2D eigenvalue weighted by atomic mass is 79.9. The average molecular weight is 271 g/mol. The van der Waals surface area contributed by atoms with Gasteiger partial charge in [-0.25, -0.2) is 9.97 Å². The predicted octanol–water partition coefficient (Wildman–Crippen LogP) is 0.787. The lowest BCUT2D eigenvalue weighted by atomic mass is 10.1. The molecule has 2 N–H and O–H groups in total. The Balaban J connectivity index is 1.83. The average Bonchev–Trinajstić information content (AvgIpc) is 2.64. The van der Waals surface area contributed by atoms with E-state index < -0.39 is 0 Å². The molecular weight excluding hydrogens is 260 g/mol. The monoisotopic (exact) mass is 270 g/mol. The van der Waals surface area contributed by atoms with Crippen LogP contribution in [-0.2, 0) is 4.79 Å². The highest BCUT2D eigenvalue weighted by Gasteiger charge is 2.20. The van der Waals surface area contributed by atoms with Crippen LogP contribution in [0, 0.1) is 5.92 Å². The van der Waals surface area contributed by atoms with Gasteiger partial charge in [-0.15, -0.1) is 0 Å². The number of amides is 1. The molecule has 0 aliphatic carbocycles. The summed E-state index contributed by atoms with van der Waals surface area (Å²) in [4.78, 5) is 19.1. The van der Waals surface area contributed by atoms with Crippen LogP contribution < -0.4 is 10.6 Å². The maximum Gasteiger partial charge on any atom is 0.222 e. The van der Waals surface area contributed by atoms with Crippen LogP contribution in [0.2, 0.25) is 0 Å². The Morgan fingerprint density at radius 2 is 2.27 bits per heavy atom. The standard InChI is InChI=1S/C9H11BrN4O/c10-7-4-13-9(14-5-7)12-3-6-1-8(15)11-2-6/h4-6H,1-3H2,(H,11,15)(H,12,13,14)/t6-/m1/s1. The lowest BCUT2D eigenvalue weighted by Crippen LogP contribution is -2.18. The van der Waals surface area contributed by atoms with Crippen LogP contribution in [0.3, 0.4) is 0 Å². The molecule has 1 aliphatic rings. The molecule has 5 nitrogen and oxygen atoms in total. The Morgan fingerprint density at radius 3 is 2.87 bits per heavy atom. The Labute approximate surface area is 95.8 Å². The van der Waals surface area contributed by atoms with Gasteiger partial charge in [0.15, 0.2) is 0 Å². The molecule has 1 aromatic heterocycles. The SMILES string of the molecule is O=C1C[C@@H](CNc2ncc(Br)cn2)CN1. The molecule has 1 atom stereocenters. The number of hydrogen-bond acceptors (Lipinski definition) is 4. The first-order valence-corrected chi connectivity index (χ1v) is 5.51. The molecule has 6 heteroatoms. The number of nitrogens with zero attached hydrogens (tertiary/aromatic N) is 2.